The normalized spacial score (nSPS) is 15.6. The van der Waals surface area contributed by atoms with Gasteiger partial charge in [-0.05, 0) is 66.0 Å². The number of rotatable bonds is 8. The summed E-state index contributed by atoms with van der Waals surface area (Å²) >= 11 is 0. The minimum atomic E-state index is -4.38. The summed E-state index contributed by atoms with van der Waals surface area (Å²) in [7, 11) is 0. The summed E-state index contributed by atoms with van der Waals surface area (Å²) in [6.07, 6.45) is 5.35. The van der Waals surface area contributed by atoms with E-state index in [4.69, 9.17) is 4.84 Å². The number of oxime groups is 1. The molecule has 0 saturated heterocycles. The van der Waals surface area contributed by atoms with E-state index in [1.54, 1.807) is 19.1 Å². The number of halogens is 3. The van der Waals surface area contributed by atoms with Crippen LogP contribution in [0.15, 0.2) is 60.0 Å². The lowest BCUT2D eigenvalue weighted by molar-refractivity contribution is -0.138. The fourth-order valence-corrected chi connectivity index (χ4v) is 4.82. The Morgan fingerprint density at radius 1 is 1.09 bits per heavy atom. The van der Waals surface area contributed by atoms with Crippen LogP contribution >= 0.6 is 0 Å². The average Bonchev–Trinajstić information content (AvgIpc) is 2.81. The highest BCUT2D eigenvalue weighted by atomic mass is 19.4. The molecule has 0 spiro atoms. The summed E-state index contributed by atoms with van der Waals surface area (Å²) in [5.41, 5.74) is 4.27. The zero-order valence-corrected chi connectivity index (χ0v) is 19.9. The SMILES string of the molecule is CCc1cc(CON=C(C)c2ccc(C3CCCCC3)c(C(F)(F)F)c2)ccc1Cn1cc[cH-]1. The van der Waals surface area contributed by atoms with Crippen molar-refractivity contribution in [2.45, 2.75) is 77.6 Å². The Hall–Kier alpha value is -2.89. The first-order valence-electron chi connectivity index (χ1n) is 12.1. The molecule has 1 aromatic heterocycles. The maximum absolute atomic E-state index is 13.8. The molecule has 0 atom stereocenters. The van der Waals surface area contributed by atoms with Crippen molar-refractivity contribution < 1.29 is 18.0 Å². The van der Waals surface area contributed by atoms with Gasteiger partial charge in [0.1, 0.15) is 6.61 Å². The minimum absolute atomic E-state index is 0.0151. The topological polar surface area (TPSA) is 26.5 Å². The summed E-state index contributed by atoms with van der Waals surface area (Å²) in [6, 6.07) is 12.9. The second-order valence-corrected chi connectivity index (χ2v) is 9.20. The van der Waals surface area contributed by atoms with Crippen LogP contribution in [-0.2, 0) is 30.6 Å². The fraction of sp³-hybridized carbons (Fsp3) is 0.429. The number of nitrogens with zero attached hydrogens (tertiary/aromatic N) is 2. The average molecular weight is 470 g/mol. The van der Waals surface area contributed by atoms with Gasteiger partial charge in [-0.15, -0.1) is 18.5 Å². The van der Waals surface area contributed by atoms with Gasteiger partial charge >= 0.3 is 6.18 Å². The van der Waals surface area contributed by atoms with Crippen LogP contribution in [-0.4, -0.2) is 10.3 Å². The molecule has 3 aromatic rings. The quantitative estimate of drug-likeness (QED) is 0.188. The van der Waals surface area contributed by atoms with E-state index in [1.807, 2.05) is 24.5 Å². The Labute approximate surface area is 199 Å². The fourth-order valence-electron chi connectivity index (χ4n) is 4.82. The van der Waals surface area contributed by atoms with Crippen LogP contribution < -0.4 is 0 Å². The van der Waals surface area contributed by atoms with Crippen LogP contribution in [0.2, 0.25) is 0 Å². The van der Waals surface area contributed by atoms with Crippen molar-refractivity contribution in [2.75, 3.05) is 0 Å². The van der Waals surface area contributed by atoms with Gasteiger partial charge in [0, 0.05) is 6.54 Å². The Bertz CT molecular complexity index is 1110. The molecule has 2 aromatic carbocycles. The van der Waals surface area contributed by atoms with Crippen LogP contribution in [0, 0.1) is 0 Å². The maximum Gasteiger partial charge on any atom is 0.416 e. The highest BCUT2D eigenvalue weighted by Crippen LogP contribution is 2.41. The van der Waals surface area contributed by atoms with E-state index in [2.05, 4.69) is 28.8 Å². The highest BCUT2D eigenvalue weighted by Gasteiger charge is 2.36. The number of aryl methyl sites for hydroxylation is 1. The van der Waals surface area contributed by atoms with Gasteiger partial charge in [-0.3, -0.25) is 0 Å². The molecule has 34 heavy (non-hydrogen) atoms. The van der Waals surface area contributed by atoms with Crippen molar-refractivity contribution in [3.05, 3.63) is 88.2 Å². The standard InChI is InChI=1S/C28H32F3N2O/c1-3-22-16-21(10-11-25(22)18-33-14-7-15-33)19-34-32-20(2)24-12-13-26(23-8-5-4-6-9-23)27(17-24)28(29,30)31/h7,10-17,23H,3-6,8-9,18-19H2,1-2H3/q-1. The Balaban J connectivity index is 1.46. The third-order valence-corrected chi connectivity index (χ3v) is 6.81. The summed E-state index contributed by atoms with van der Waals surface area (Å²) in [4.78, 5) is 5.54. The molecule has 1 heterocycles. The van der Waals surface area contributed by atoms with Gasteiger partial charge in [-0.1, -0.05) is 61.7 Å². The Kier molecular flexibility index (Phi) is 7.54. The van der Waals surface area contributed by atoms with Gasteiger partial charge in [0.15, 0.2) is 0 Å². The first-order chi connectivity index (χ1) is 16.3. The zero-order chi connectivity index (χ0) is 24.1. The monoisotopic (exact) mass is 469 g/mol. The van der Waals surface area contributed by atoms with Crippen molar-refractivity contribution in [3.63, 3.8) is 0 Å². The van der Waals surface area contributed by atoms with Crippen LogP contribution in [0.5, 0.6) is 0 Å². The molecule has 1 aliphatic carbocycles. The van der Waals surface area contributed by atoms with Crippen molar-refractivity contribution in [1.29, 1.82) is 0 Å². The van der Waals surface area contributed by atoms with E-state index in [0.29, 0.717) is 16.8 Å². The molecule has 0 N–H and O–H groups in total. The first kappa shape index (κ1) is 24.2. The number of benzene rings is 2. The largest absolute Gasteiger partial charge is 0.455 e. The molecule has 0 radical (unpaired) electrons. The lowest BCUT2D eigenvalue weighted by Gasteiger charge is -2.25. The number of hydrogen-bond acceptors (Lipinski definition) is 2. The van der Waals surface area contributed by atoms with Crippen molar-refractivity contribution in [3.8, 4) is 0 Å². The molecular formula is C28H32F3N2O-. The second-order valence-electron chi connectivity index (χ2n) is 9.20. The van der Waals surface area contributed by atoms with Crippen molar-refractivity contribution in [2.24, 2.45) is 5.16 Å². The first-order valence-corrected chi connectivity index (χ1v) is 12.1. The highest BCUT2D eigenvalue weighted by molar-refractivity contribution is 5.98. The van der Waals surface area contributed by atoms with Crippen LogP contribution in [0.4, 0.5) is 13.2 Å². The van der Waals surface area contributed by atoms with Gasteiger partial charge in [0.05, 0.1) is 11.3 Å². The molecule has 0 aliphatic heterocycles. The smallest absolute Gasteiger partial charge is 0.416 e. The number of alkyl halides is 3. The van der Waals surface area contributed by atoms with Crippen LogP contribution in [0.1, 0.15) is 85.3 Å². The zero-order valence-electron chi connectivity index (χ0n) is 19.9. The van der Waals surface area contributed by atoms with Gasteiger partial charge in [0.25, 0.3) is 0 Å². The molecule has 0 bridgehead atoms. The minimum Gasteiger partial charge on any atom is -0.455 e. The van der Waals surface area contributed by atoms with E-state index >= 15 is 0 Å². The molecule has 3 nitrogen and oxygen atoms in total. The maximum atomic E-state index is 13.8. The van der Waals surface area contributed by atoms with Gasteiger partial charge in [0.2, 0.25) is 0 Å². The Morgan fingerprint density at radius 3 is 2.50 bits per heavy atom. The molecule has 6 heteroatoms. The summed E-state index contributed by atoms with van der Waals surface area (Å²) in [6.45, 7) is 4.92. The molecule has 182 valence electrons. The van der Waals surface area contributed by atoms with Crippen molar-refractivity contribution in [1.82, 2.24) is 4.57 Å². The van der Waals surface area contributed by atoms with E-state index < -0.39 is 11.7 Å². The molecule has 1 aliphatic rings. The third kappa shape index (κ3) is 5.78. The van der Waals surface area contributed by atoms with Crippen molar-refractivity contribution >= 4 is 5.71 Å². The molecule has 1 saturated carbocycles. The van der Waals surface area contributed by atoms with E-state index in [-0.39, 0.29) is 12.5 Å². The Morgan fingerprint density at radius 2 is 1.85 bits per heavy atom. The molecular weight excluding hydrogens is 437 g/mol. The number of aromatic nitrogens is 1. The van der Waals surface area contributed by atoms with Gasteiger partial charge < -0.3 is 9.40 Å². The molecule has 1 fully saturated rings. The molecule has 4 rings (SSSR count). The predicted octanol–water partition coefficient (Wildman–Crippen LogP) is 7.83. The summed E-state index contributed by atoms with van der Waals surface area (Å²) < 4.78 is 43.7. The lowest BCUT2D eigenvalue weighted by atomic mass is 9.81. The summed E-state index contributed by atoms with van der Waals surface area (Å²) in [5, 5.41) is 4.13. The molecule has 0 unspecified atom stereocenters. The lowest BCUT2D eigenvalue weighted by Crippen LogP contribution is -2.15. The van der Waals surface area contributed by atoms with Gasteiger partial charge in [-0.2, -0.15) is 13.2 Å². The third-order valence-electron chi connectivity index (χ3n) is 6.81. The van der Waals surface area contributed by atoms with Crippen LogP contribution in [0.3, 0.4) is 0 Å². The van der Waals surface area contributed by atoms with E-state index in [0.717, 1.165) is 50.6 Å². The van der Waals surface area contributed by atoms with E-state index in [1.165, 1.54) is 17.2 Å². The predicted molar refractivity (Wildman–Crippen MR) is 129 cm³/mol. The van der Waals surface area contributed by atoms with Crippen LogP contribution in [0.25, 0.3) is 0 Å². The number of hydrogen-bond donors (Lipinski definition) is 0. The van der Waals surface area contributed by atoms with E-state index in [9.17, 15) is 13.2 Å². The second kappa shape index (κ2) is 10.6. The summed E-state index contributed by atoms with van der Waals surface area (Å²) in [5.74, 6) is -0.0151. The van der Waals surface area contributed by atoms with Gasteiger partial charge in [-0.25, -0.2) is 0 Å². The molecule has 0 amide bonds.